The summed E-state index contributed by atoms with van der Waals surface area (Å²) in [7, 11) is 1.89. The van der Waals surface area contributed by atoms with Crippen LogP contribution in [0.25, 0.3) is 21.9 Å². The number of hydrogen-bond acceptors (Lipinski definition) is 7. The van der Waals surface area contributed by atoms with Crippen molar-refractivity contribution in [3.63, 3.8) is 0 Å². The molecule has 0 aliphatic heterocycles. The Morgan fingerprint density at radius 3 is 2.90 bits per heavy atom. The van der Waals surface area contributed by atoms with Crippen molar-refractivity contribution >= 4 is 51.8 Å². The molecule has 156 valence electrons. The van der Waals surface area contributed by atoms with Crippen LogP contribution < -0.4 is 10.1 Å². The summed E-state index contributed by atoms with van der Waals surface area (Å²) in [5.74, 6) is 0.651. The molecule has 0 bridgehead atoms. The lowest BCUT2D eigenvalue weighted by Crippen LogP contribution is -2.21. The Morgan fingerprint density at radius 2 is 2.23 bits per heavy atom. The zero-order chi connectivity index (χ0) is 21.7. The van der Waals surface area contributed by atoms with Crippen LogP contribution in [-0.4, -0.2) is 52.8 Å². The highest BCUT2D eigenvalue weighted by Crippen LogP contribution is 2.37. The average Bonchev–Trinajstić information content (AvgIpc) is 3.12. The number of H-pyrrole nitrogens is 1. The number of aromatic amines is 1. The lowest BCUT2D eigenvalue weighted by Gasteiger charge is -2.10. The van der Waals surface area contributed by atoms with Gasteiger partial charge in [-0.15, -0.1) is 11.8 Å². The maximum absolute atomic E-state index is 7.59. The van der Waals surface area contributed by atoms with E-state index in [1.807, 2.05) is 14.0 Å². The summed E-state index contributed by atoms with van der Waals surface area (Å²) >= 11 is 1.56. The van der Waals surface area contributed by atoms with Crippen molar-refractivity contribution in [3.05, 3.63) is 42.5 Å². The van der Waals surface area contributed by atoms with Crippen molar-refractivity contribution in [3.8, 4) is 6.01 Å². The number of benzene rings is 1. The summed E-state index contributed by atoms with van der Waals surface area (Å²) in [6.07, 6.45) is 3.88. The zero-order valence-corrected chi connectivity index (χ0v) is 18.3. The highest BCUT2D eigenvalue weighted by Gasteiger charge is 2.18. The molecular formula is C22H26N6OS. The van der Waals surface area contributed by atoms with Gasteiger partial charge in [-0.05, 0) is 37.1 Å². The molecule has 1 atom stereocenters. The van der Waals surface area contributed by atoms with E-state index in [4.69, 9.17) is 10.1 Å². The van der Waals surface area contributed by atoms with Crippen LogP contribution in [-0.2, 0) is 0 Å². The lowest BCUT2D eigenvalue weighted by molar-refractivity contribution is 0.307. The van der Waals surface area contributed by atoms with Gasteiger partial charge < -0.3 is 20.4 Å². The number of nitrogens with one attached hydrogen (secondary N) is 3. The van der Waals surface area contributed by atoms with Crippen LogP contribution >= 0.6 is 11.8 Å². The third-order valence-corrected chi connectivity index (χ3v) is 5.53. The van der Waals surface area contributed by atoms with Gasteiger partial charge in [-0.25, -0.2) is 0 Å². The van der Waals surface area contributed by atoms with Gasteiger partial charge >= 0.3 is 6.01 Å². The summed E-state index contributed by atoms with van der Waals surface area (Å²) in [4.78, 5) is 16.8. The van der Waals surface area contributed by atoms with Gasteiger partial charge in [0.1, 0.15) is 10.7 Å². The van der Waals surface area contributed by atoms with Crippen LogP contribution in [0.15, 0.2) is 47.0 Å². The van der Waals surface area contributed by atoms with Gasteiger partial charge in [0, 0.05) is 37.2 Å². The van der Waals surface area contributed by atoms with Crippen molar-refractivity contribution in [1.82, 2.24) is 15.0 Å². The minimum Gasteiger partial charge on any atom is -0.448 e. The monoisotopic (exact) mass is 422 g/mol. The number of hydrogen-bond donors (Lipinski definition) is 3. The smallest absolute Gasteiger partial charge is 0.320 e. The molecule has 3 rings (SSSR count). The molecule has 0 spiro atoms. The van der Waals surface area contributed by atoms with Gasteiger partial charge in [-0.1, -0.05) is 19.2 Å². The predicted octanol–water partition coefficient (Wildman–Crippen LogP) is 4.78. The van der Waals surface area contributed by atoms with E-state index < -0.39 is 6.10 Å². The van der Waals surface area contributed by atoms with Gasteiger partial charge in [0.15, 0.2) is 6.10 Å². The topological polar surface area (TPSA) is 99.0 Å². The number of allylic oxidation sites excluding steroid dienone is 1. The normalized spacial score (nSPS) is 12.4. The molecule has 2 aromatic heterocycles. The number of aryl methyl sites for hydroxylation is 1. The van der Waals surface area contributed by atoms with E-state index in [-0.39, 0.29) is 6.01 Å². The number of fused-ring (bicyclic) bond motifs is 3. The maximum Gasteiger partial charge on any atom is 0.320 e. The molecule has 2 heterocycles. The Bertz CT molecular complexity index is 1130. The molecule has 30 heavy (non-hydrogen) atoms. The minimum absolute atomic E-state index is 0.194. The fraction of sp³-hybridized carbons (Fsp3) is 0.273. The van der Waals surface area contributed by atoms with Crippen LogP contribution in [0, 0.1) is 12.3 Å². The quantitative estimate of drug-likeness (QED) is 0.189. The van der Waals surface area contributed by atoms with Crippen LogP contribution in [0.2, 0.25) is 0 Å². The molecule has 1 aromatic carbocycles. The summed E-state index contributed by atoms with van der Waals surface area (Å²) in [5.41, 5.74) is 4.68. The molecule has 0 saturated carbocycles. The standard InChI is InChI=1S/C22H26N6OS/c1-6-13(3)12-30-21-18-16-8-14(4)9-17(24-5)19(16)26-20(18)27-22(28-21)29-15(10-23)11-25-7-2/h6,8-11,15,23-24H,1,3,7,12H2,2,4-5H3,(H,26,27,28). The number of aromatic nitrogens is 3. The van der Waals surface area contributed by atoms with Crippen molar-refractivity contribution in [2.24, 2.45) is 4.99 Å². The molecule has 0 aliphatic rings. The lowest BCUT2D eigenvalue weighted by atomic mass is 10.1. The Kier molecular flexibility index (Phi) is 6.89. The molecule has 7 nitrogen and oxygen atoms in total. The summed E-state index contributed by atoms with van der Waals surface area (Å²) in [6.45, 7) is 12.4. The molecule has 8 heteroatoms. The van der Waals surface area contributed by atoms with Crippen molar-refractivity contribution in [1.29, 1.82) is 5.41 Å². The molecule has 0 amide bonds. The number of rotatable bonds is 10. The fourth-order valence-electron chi connectivity index (χ4n) is 3.00. The van der Waals surface area contributed by atoms with E-state index in [0.717, 1.165) is 38.1 Å². The Morgan fingerprint density at radius 1 is 1.43 bits per heavy atom. The van der Waals surface area contributed by atoms with Crippen LogP contribution in [0.3, 0.4) is 0 Å². The van der Waals surface area contributed by atoms with Gasteiger partial charge in [-0.2, -0.15) is 9.97 Å². The third kappa shape index (κ3) is 4.54. The molecule has 3 N–H and O–H groups in total. The molecule has 0 radical (unpaired) electrons. The van der Waals surface area contributed by atoms with E-state index in [0.29, 0.717) is 17.9 Å². The number of aliphatic imine (C=N–C) groups is 1. The molecule has 0 saturated heterocycles. The first kappa shape index (κ1) is 21.6. The second kappa shape index (κ2) is 9.58. The van der Waals surface area contributed by atoms with Crippen LogP contribution in [0.5, 0.6) is 6.01 Å². The summed E-state index contributed by atoms with van der Waals surface area (Å²) in [6, 6.07) is 4.40. The summed E-state index contributed by atoms with van der Waals surface area (Å²) in [5, 5.41) is 13.6. The zero-order valence-electron chi connectivity index (χ0n) is 17.5. The molecule has 0 aliphatic carbocycles. The second-order valence-corrected chi connectivity index (χ2v) is 7.66. The van der Waals surface area contributed by atoms with Crippen molar-refractivity contribution in [2.75, 3.05) is 24.7 Å². The Hall–Kier alpha value is -3.13. The summed E-state index contributed by atoms with van der Waals surface area (Å²) < 4.78 is 5.82. The van der Waals surface area contributed by atoms with Gasteiger partial charge in [-0.3, -0.25) is 4.99 Å². The largest absolute Gasteiger partial charge is 0.448 e. The first-order valence-corrected chi connectivity index (χ1v) is 10.6. The molecular weight excluding hydrogens is 396 g/mol. The highest BCUT2D eigenvalue weighted by molar-refractivity contribution is 7.99. The second-order valence-electron chi connectivity index (χ2n) is 6.69. The predicted molar refractivity (Wildman–Crippen MR) is 128 cm³/mol. The van der Waals surface area contributed by atoms with Gasteiger partial charge in [0.25, 0.3) is 0 Å². The van der Waals surface area contributed by atoms with E-state index in [1.165, 1.54) is 6.21 Å². The van der Waals surface area contributed by atoms with E-state index in [2.05, 4.69) is 57.5 Å². The first-order chi connectivity index (χ1) is 14.5. The number of thioether (sulfide) groups is 1. The van der Waals surface area contributed by atoms with Gasteiger partial charge in [0.2, 0.25) is 0 Å². The number of anilines is 1. The minimum atomic E-state index is -0.622. The van der Waals surface area contributed by atoms with Crippen molar-refractivity contribution < 1.29 is 4.74 Å². The van der Waals surface area contributed by atoms with E-state index in [9.17, 15) is 0 Å². The Balaban J connectivity index is 2.17. The van der Waals surface area contributed by atoms with Crippen LogP contribution in [0.4, 0.5) is 5.69 Å². The molecule has 0 fully saturated rings. The third-order valence-electron chi connectivity index (χ3n) is 4.44. The SMILES string of the molecule is C=CC(=C)CSc1nc(OC(C=N)C=NCC)nc2[nH]c3c(NC)cc(C)cc3c12. The molecule has 1 unspecified atom stereocenters. The van der Waals surface area contributed by atoms with Crippen LogP contribution in [0.1, 0.15) is 12.5 Å². The first-order valence-electron chi connectivity index (χ1n) is 9.62. The van der Waals surface area contributed by atoms with E-state index >= 15 is 0 Å². The number of ether oxygens (including phenoxy) is 1. The average molecular weight is 423 g/mol. The number of nitrogens with zero attached hydrogens (tertiary/aromatic N) is 3. The van der Waals surface area contributed by atoms with Crippen molar-refractivity contribution in [2.45, 2.75) is 25.0 Å². The van der Waals surface area contributed by atoms with E-state index in [1.54, 1.807) is 24.1 Å². The highest BCUT2D eigenvalue weighted by atomic mass is 32.2. The van der Waals surface area contributed by atoms with Gasteiger partial charge in [0.05, 0.1) is 16.6 Å². The maximum atomic E-state index is 7.59. The Labute approximate surface area is 180 Å². The fourth-order valence-corrected chi connectivity index (χ4v) is 3.94. The molecule has 3 aromatic rings.